The minimum atomic E-state index is -0.535. The van der Waals surface area contributed by atoms with Crippen molar-refractivity contribution in [3.05, 3.63) is 66.2 Å². The van der Waals surface area contributed by atoms with Crippen LogP contribution in [0.3, 0.4) is 0 Å². The lowest BCUT2D eigenvalue weighted by Crippen LogP contribution is -2.37. The summed E-state index contributed by atoms with van der Waals surface area (Å²) in [4.78, 5) is 11.9. The molecule has 0 radical (unpaired) electrons. The second-order valence-corrected chi connectivity index (χ2v) is 4.15. The first-order valence-corrected chi connectivity index (χ1v) is 5.91. The van der Waals surface area contributed by atoms with Gasteiger partial charge in [0.25, 0.3) is 0 Å². The van der Waals surface area contributed by atoms with Gasteiger partial charge < -0.3 is 11.1 Å². The minimum absolute atomic E-state index is 0. The number of hydrogen-bond acceptors (Lipinski definition) is 2. The van der Waals surface area contributed by atoms with Gasteiger partial charge in [0, 0.05) is 5.69 Å². The first-order valence-electron chi connectivity index (χ1n) is 5.91. The first-order chi connectivity index (χ1) is 8.75. The van der Waals surface area contributed by atoms with Crippen LogP contribution >= 0.6 is 12.4 Å². The summed E-state index contributed by atoms with van der Waals surface area (Å²) in [5.74, 6) is -0.162. The second kappa shape index (κ2) is 7.56. The monoisotopic (exact) mass is 276 g/mol. The van der Waals surface area contributed by atoms with E-state index >= 15 is 0 Å². The van der Waals surface area contributed by atoms with Gasteiger partial charge in [0.05, 0.1) is 6.04 Å². The van der Waals surface area contributed by atoms with Crippen molar-refractivity contribution in [2.75, 3.05) is 5.32 Å². The molecule has 2 aromatic rings. The highest BCUT2D eigenvalue weighted by molar-refractivity contribution is 5.94. The Kier molecular flexibility index (Phi) is 6.06. The van der Waals surface area contributed by atoms with Gasteiger partial charge in [0.2, 0.25) is 5.91 Å². The van der Waals surface area contributed by atoms with E-state index in [2.05, 4.69) is 5.32 Å². The molecule has 2 aromatic carbocycles. The van der Waals surface area contributed by atoms with Crippen molar-refractivity contribution in [3.8, 4) is 0 Å². The Hall–Kier alpha value is -1.84. The van der Waals surface area contributed by atoms with E-state index in [1.807, 2.05) is 60.7 Å². The predicted octanol–water partition coefficient (Wildman–Crippen LogP) is 2.62. The second-order valence-electron chi connectivity index (χ2n) is 4.15. The van der Waals surface area contributed by atoms with Gasteiger partial charge in [-0.05, 0) is 24.1 Å². The molecule has 0 spiro atoms. The SMILES string of the molecule is Cl.N[C@@H](Cc1ccccc1)C(=O)Nc1ccccc1. The fourth-order valence-electron chi connectivity index (χ4n) is 1.72. The molecule has 3 nitrogen and oxygen atoms in total. The van der Waals surface area contributed by atoms with Crippen LogP contribution < -0.4 is 11.1 Å². The molecule has 0 heterocycles. The normalized spacial score (nSPS) is 11.2. The van der Waals surface area contributed by atoms with Crippen LogP contribution in [-0.2, 0) is 11.2 Å². The standard InChI is InChI=1S/C15H16N2O.ClH/c16-14(11-12-7-3-1-4-8-12)15(18)17-13-9-5-2-6-10-13;/h1-10,14H,11,16H2,(H,17,18);1H/t14-;/m0./s1. The molecule has 0 aliphatic carbocycles. The smallest absolute Gasteiger partial charge is 0.241 e. The summed E-state index contributed by atoms with van der Waals surface area (Å²) in [7, 11) is 0. The minimum Gasteiger partial charge on any atom is -0.325 e. The van der Waals surface area contributed by atoms with Crippen molar-refractivity contribution in [1.82, 2.24) is 0 Å². The lowest BCUT2D eigenvalue weighted by molar-refractivity contribution is -0.117. The average molecular weight is 277 g/mol. The zero-order valence-electron chi connectivity index (χ0n) is 10.5. The molecule has 0 aliphatic heterocycles. The van der Waals surface area contributed by atoms with Crippen molar-refractivity contribution in [3.63, 3.8) is 0 Å². The van der Waals surface area contributed by atoms with Crippen LogP contribution in [0.15, 0.2) is 60.7 Å². The van der Waals surface area contributed by atoms with Crippen molar-refractivity contribution < 1.29 is 4.79 Å². The molecule has 19 heavy (non-hydrogen) atoms. The molecule has 2 rings (SSSR count). The summed E-state index contributed by atoms with van der Waals surface area (Å²) in [5, 5.41) is 2.80. The van der Waals surface area contributed by atoms with Gasteiger partial charge in [-0.3, -0.25) is 4.79 Å². The Morgan fingerprint density at radius 1 is 1.00 bits per heavy atom. The predicted molar refractivity (Wildman–Crippen MR) is 80.4 cm³/mol. The number of carbonyl (C=O) groups is 1. The maximum Gasteiger partial charge on any atom is 0.241 e. The molecular weight excluding hydrogens is 260 g/mol. The molecular formula is C15H17ClN2O. The maximum atomic E-state index is 11.9. The van der Waals surface area contributed by atoms with Crippen LogP contribution in [0, 0.1) is 0 Å². The Morgan fingerprint density at radius 3 is 2.11 bits per heavy atom. The number of hydrogen-bond donors (Lipinski definition) is 2. The third-order valence-electron chi connectivity index (χ3n) is 2.68. The molecule has 100 valence electrons. The van der Waals surface area contributed by atoms with E-state index in [1.165, 1.54) is 0 Å². The van der Waals surface area contributed by atoms with E-state index in [4.69, 9.17) is 5.73 Å². The van der Waals surface area contributed by atoms with Crippen molar-refractivity contribution in [2.45, 2.75) is 12.5 Å². The van der Waals surface area contributed by atoms with Gasteiger partial charge in [-0.25, -0.2) is 0 Å². The molecule has 4 heteroatoms. The lowest BCUT2D eigenvalue weighted by Gasteiger charge is -2.12. The molecule has 3 N–H and O–H groups in total. The number of anilines is 1. The summed E-state index contributed by atoms with van der Waals surface area (Å²) >= 11 is 0. The maximum absolute atomic E-state index is 11.9. The van der Waals surface area contributed by atoms with Gasteiger partial charge in [0.15, 0.2) is 0 Å². The molecule has 0 bridgehead atoms. The van der Waals surface area contributed by atoms with E-state index in [-0.39, 0.29) is 18.3 Å². The molecule has 0 fully saturated rings. The number of halogens is 1. The van der Waals surface area contributed by atoms with E-state index in [9.17, 15) is 4.79 Å². The van der Waals surface area contributed by atoms with Gasteiger partial charge in [-0.1, -0.05) is 48.5 Å². The number of nitrogens with two attached hydrogens (primary N) is 1. The molecule has 1 atom stereocenters. The largest absolute Gasteiger partial charge is 0.325 e. The van der Waals surface area contributed by atoms with Gasteiger partial charge in [-0.2, -0.15) is 0 Å². The highest BCUT2D eigenvalue weighted by atomic mass is 35.5. The van der Waals surface area contributed by atoms with E-state index in [0.29, 0.717) is 6.42 Å². The van der Waals surface area contributed by atoms with Crippen LogP contribution in [0.5, 0.6) is 0 Å². The van der Waals surface area contributed by atoms with E-state index in [1.54, 1.807) is 0 Å². The van der Waals surface area contributed by atoms with Crippen LogP contribution in [0.2, 0.25) is 0 Å². The molecule has 0 aromatic heterocycles. The van der Waals surface area contributed by atoms with Crippen molar-refractivity contribution in [2.24, 2.45) is 5.73 Å². The number of carbonyl (C=O) groups excluding carboxylic acids is 1. The summed E-state index contributed by atoms with van der Waals surface area (Å²) in [6.07, 6.45) is 0.541. The quantitative estimate of drug-likeness (QED) is 0.902. The number of rotatable bonds is 4. The van der Waals surface area contributed by atoms with Gasteiger partial charge in [-0.15, -0.1) is 12.4 Å². The fourth-order valence-corrected chi connectivity index (χ4v) is 1.72. The summed E-state index contributed by atoms with van der Waals surface area (Å²) in [5.41, 5.74) is 7.72. The number of para-hydroxylation sites is 1. The number of amides is 1. The lowest BCUT2D eigenvalue weighted by atomic mass is 10.1. The Labute approximate surface area is 119 Å². The Bertz CT molecular complexity index is 502. The van der Waals surface area contributed by atoms with Crippen molar-refractivity contribution >= 4 is 24.0 Å². The van der Waals surface area contributed by atoms with Crippen molar-refractivity contribution in [1.29, 1.82) is 0 Å². The average Bonchev–Trinajstić information content (AvgIpc) is 2.41. The summed E-state index contributed by atoms with van der Waals surface area (Å²) in [6, 6.07) is 18.6. The number of nitrogens with one attached hydrogen (secondary N) is 1. The zero-order valence-corrected chi connectivity index (χ0v) is 11.3. The topological polar surface area (TPSA) is 55.1 Å². The third kappa shape index (κ3) is 4.73. The van der Waals surface area contributed by atoms with Crippen LogP contribution in [-0.4, -0.2) is 11.9 Å². The van der Waals surface area contributed by atoms with Crippen LogP contribution in [0.1, 0.15) is 5.56 Å². The third-order valence-corrected chi connectivity index (χ3v) is 2.68. The molecule has 0 saturated heterocycles. The summed E-state index contributed by atoms with van der Waals surface area (Å²) < 4.78 is 0. The van der Waals surface area contributed by atoms with E-state index in [0.717, 1.165) is 11.3 Å². The van der Waals surface area contributed by atoms with Gasteiger partial charge >= 0.3 is 0 Å². The summed E-state index contributed by atoms with van der Waals surface area (Å²) in [6.45, 7) is 0. The Balaban J connectivity index is 0.00000180. The highest BCUT2D eigenvalue weighted by Crippen LogP contribution is 2.07. The number of benzene rings is 2. The highest BCUT2D eigenvalue weighted by Gasteiger charge is 2.13. The van der Waals surface area contributed by atoms with E-state index < -0.39 is 6.04 Å². The molecule has 0 aliphatic rings. The molecule has 0 unspecified atom stereocenters. The van der Waals surface area contributed by atoms with Gasteiger partial charge in [0.1, 0.15) is 0 Å². The zero-order chi connectivity index (χ0) is 12.8. The Morgan fingerprint density at radius 2 is 1.53 bits per heavy atom. The molecule has 0 saturated carbocycles. The van der Waals surface area contributed by atoms with Crippen LogP contribution in [0.25, 0.3) is 0 Å². The van der Waals surface area contributed by atoms with Crippen LogP contribution in [0.4, 0.5) is 5.69 Å². The fraction of sp³-hybridized carbons (Fsp3) is 0.133. The molecule has 1 amide bonds. The first kappa shape index (κ1) is 15.2.